The van der Waals surface area contributed by atoms with Gasteiger partial charge in [0.25, 0.3) is 11.8 Å². The van der Waals surface area contributed by atoms with E-state index in [2.05, 4.69) is 10.3 Å². The van der Waals surface area contributed by atoms with E-state index >= 15 is 0 Å². The lowest BCUT2D eigenvalue weighted by atomic mass is 10.0. The number of dihydropyridines is 1. The van der Waals surface area contributed by atoms with E-state index in [0.717, 1.165) is 5.56 Å². The summed E-state index contributed by atoms with van der Waals surface area (Å²) in [5, 5.41) is 14.1. The van der Waals surface area contributed by atoms with E-state index in [1.54, 1.807) is 24.7 Å². The number of nitrogens with zero attached hydrogens (tertiary/aromatic N) is 1. The van der Waals surface area contributed by atoms with Crippen molar-refractivity contribution in [3.63, 3.8) is 0 Å². The second kappa shape index (κ2) is 6.29. The van der Waals surface area contributed by atoms with Gasteiger partial charge in [-0.1, -0.05) is 18.2 Å². The lowest BCUT2D eigenvalue weighted by Crippen LogP contribution is -2.34. The highest BCUT2D eigenvalue weighted by atomic mass is 32.2. The fourth-order valence-electron chi connectivity index (χ4n) is 2.39. The molecule has 2 aliphatic heterocycles. The lowest BCUT2D eigenvalue weighted by Gasteiger charge is -2.18. The third kappa shape index (κ3) is 2.87. The molecule has 6 nitrogen and oxygen atoms in total. The maximum atomic E-state index is 12.3. The van der Waals surface area contributed by atoms with E-state index in [0.29, 0.717) is 11.5 Å². The van der Waals surface area contributed by atoms with Crippen LogP contribution in [0.4, 0.5) is 0 Å². The first-order valence-electron chi connectivity index (χ1n) is 6.90. The van der Waals surface area contributed by atoms with Crippen LogP contribution >= 0.6 is 11.8 Å². The Balaban J connectivity index is 1.76. The maximum absolute atomic E-state index is 12.3. The second-order valence-corrected chi connectivity index (χ2v) is 5.93. The Hall–Kier alpha value is -2.54. The molecule has 2 heterocycles. The zero-order valence-corrected chi connectivity index (χ0v) is 13.1. The SMILES string of the molecule is COc1ccccc1CNC(=O)C1=C(O)C2SC=CC2=NC1=O. The molecule has 1 aromatic carbocycles. The van der Waals surface area contributed by atoms with Crippen LogP contribution in [0.3, 0.4) is 0 Å². The van der Waals surface area contributed by atoms with Gasteiger partial charge in [-0.05, 0) is 17.6 Å². The average Bonchev–Trinajstić information content (AvgIpc) is 3.01. The van der Waals surface area contributed by atoms with Crippen LogP contribution in [0.15, 0.2) is 52.1 Å². The van der Waals surface area contributed by atoms with Crippen molar-refractivity contribution in [2.45, 2.75) is 11.8 Å². The van der Waals surface area contributed by atoms with Crippen LogP contribution in [0.1, 0.15) is 5.56 Å². The minimum absolute atomic E-state index is 0.180. The van der Waals surface area contributed by atoms with Crippen LogP contribution in [0.25, 0.3) is 0 Å². The van der Waals surface area contributed by atoms with E-state index in [1.165, 1.54) is 11.8 Å². The number of benzene rings is 1. The average molecular weight is 330 g/mol. The monoisotopic (exact) mass is 330 g/mol. The molecule has 0 bridgehead atoms. The molecule has 1 unspecified atom stereocenters. The largest absolute Gasteiger partial charge is 0.510 e. The van der Waals surface area contributed by atoms with Crippen LogP contribution in [0.5, 0.6) is 5.75 Å². The molecule has 0 spiro atoms. The number of aliphatic imine (C=N–C) groups is 1. The van der Waals surface area contributed by atoms with Gasteiger partial charge in [0.15, 0.2) is 0 Å². The molecular formula is C16H14N2O4S. The van der Waals surface area contributed by atoms with Gasteiger partial charge in [0, 0.05) is 12.1 Å². The second-order valence-electron chi connectivity index (χ2n) is 4.92. The molecule has 0 radical (unpaired) electrons. The maximum Gasteiger partial charge on any atom is 0.286 e. The molecule has 23 heavy (non-hydrogen) atoms. The van der Waals surface area contributed by atoms with Gasteiger partial charge < -0.3 is 15.2 Å². The number of rotatable bonds is 4. The number of amides is 2. The number of carbonyl (C=O) groups is 2. The lowest BCUT2D eigenvalue weighted by molar-refractivity contribution is -0.122. The smallest absolute Gasteiger partial charge is 0.286 e. The molecule has 1 aromatic rings. The van der Waals surface area contributed by atoms with Gasteiger partial charge in [-0.25, -0.2) is 4.99 Å². The number of ether oxygens (including phenoxy) is 1. The van der Waals surface area contributed by atoms with E-state index in [1.807, 2.05) is 18.2 Å². The van der Waals surface area contributed by atoms with Crippen LogP contribution in [0, 0.1) is 0 Å². The number of allylic oxidation sites excluding steroid dienone is 1. The van der Waals surface area contributed by atoms with Gasteiger partial charge in [-0.2, -0.15) is 0 Å². The highest BCUT2D eigenvalue weighted by Crippen LogP contribution is 2.32. The molecule has 0 saturated heterocycles. The van der Waals surface area contributed by atoms with Crippen LogP contribution < -0.4 is 10.1 Å². The molecule has 3 rings (SSSR count). The van der Waals surface area contributed by atoms with Gasteiger partial charge in [-0.3, -0.25) is 9.59 Å². The molecule has 0 aliphatic carbocycles. The molecule has 118 valence electrons. The van der Waals surface area contributed by atoms with Gasteiger partial charge in [0.05, 0.1) is 12.8 Å². The summed E-state index contributed by atoms with van der Waals surface area (Å²) in [6, 6.07) is 7.23. The summed E-state index contributed by atoms with van der Waals surface area (Å²) >= 11 is 1.31. The first-order valence-corrected chi connectivity index (χ1v) is 7.84. The number of para-hydroxylation sites is 1. The van der Waals surface area contributed by atoms with Crippen LogP contribution in [-0.2, 0) is 16.1 Å². The first-order chi connectivity index (χ1) is 11.1. The number of nitrogens with one attached hydrogen (secondary N) is 1. The Kier molecular flexibility index (Phi) is 4.20. The van der Waals surface area contributed by atoms with Crippen LogP contribution in [-0.4, -0.2) is 35.0 Å². The van der Waals surface area contributed by atoms with E-state index in [4.69, 9.17) is 4.74 Å². The molecule has 2 N–H and O–H groups in total. The minimum Gasteiger partial charge on any atom is -0.510 e. The number of hydrogen-bond acceptors (Lipinski definition) is 5. The predicted octanol–water partition coefficient (Wildman–Crippen LogP) is 1.73. The fraction of sp³-hybridized carbons (Fsp3) is 0.188. The standard InChI is InChI=1S/C16H14N2O4S/c1-22-11-5-3-2-4-9(11)8-17-15(20)12-13(19)14-10(6-7-23-14)18-16(12)21/h2-7,14,19H,8H2,1H3,(H,17,20). The summed E-state index contributed by atoms with van der Waals surface area (Å²) in [5.74, 6) is -0.975. The number of aliphatic hydroxyl groups excluding tert-OH is 1. The van der Waals surface area contributed by atoms with Gasteiger partial charge >= 0.3 is 0 Å². The molecule has 2 aliphatic rings. The molecule has 2 amide bonds. The van der Waals surface area contributed by atoms with Crippen molar-refractivity contribution < 1.29 is 19.4 Å². The zero-order chi connectivity index (χ0) is 16.4. The van der Waals surface area contributed by atoms with Crippen molar-refractivity contribution in [1.82, 2.24) is 5.32 Å². The normalized spacial score (nSPS) is 19.4. The molecule has 1 atom stereocenters. The minimum atomic E-state index is -0.724. The van der Waals surface area contributed by atoms with Crippen LogP contribution in [0.2, 0.25) is 0 Å². The van der Waals surface area contributed by atoms with Gasteiger partial charge in [0.2, 0.25) is 0 Å². The fourth-order valence-corrected chi connectivity index (χ4v) is 3.28. The number of methoxy groups -OCH3 is 1. The van der Waals surface area contributed by atoms with Crippen molar-refractivity contribution in [2.24, 2.45) is 4.99 Å². The van der Waals surface area contributed by atoms with Gasteiger partial charge in [0.1, 0.15) is 22.3 Å². The molecule has 7 heteroatoms. The quantitative estimate of drug-likeness (QED) is 0.821. The molecule has 0 aromatic heterocycles. The summed E-state index contributed by atoms with van der Waals surface area (Å²) in [6.07, 6.45) is 1.66. The number of aliphatic hydroxyl groups is 1. The Labute approximate surface area is 136 Å². The predicted molar refractivity (Wildman–Crippen MR) is 87.5 cm³/mol. The van der Waals surface area contributed by atoms with Gasteiger partial charge in [-0.15, -0.1) is 11.8 Å². The number of hydrogen-bond donors (Lipinski definition) is 2. The van der Waals surface area contributed by atoms with Crippen molar-refractivity contribution in [1.29, 1.82) is 0 Å². The first kappa shape index (κ1) is 15.4. The Bertz CT molecular complexity index is 767. The summed E-state index contributed by atoms with van der Waals surface area (Å²) in [6.45, 7) is 0.180. The summed E-state index contributed by atoms with van der Waals surface area (Å²) in [7, 11) is 1.54. The van der Waals surface area contributed by atoms with Crippen molar-refractivity contribution in [3.05, 3.63) is 52.6 Å². The van der Waals surface area contributed by atoms with Crippen molar-refractivity contribution in [2.75, 3.05) is 7.11 Å². The molecular weight excluding hydrogens is 316 g/mol. The number of carbonyl (C=O) groups excluding carboxylic acids is 2. The third-order valence-corrected chi connectivity index (χ3v) is 4.56. The Morgan fingerprint density at radius 1 is 1.43 bits per heavy atom. The Morgan fingerprint density at radius 2 is 2.22 bits per heavy atom. The summed E-state index contributed by atoms with van der Waals surface area (Å²) in [5.41, 5.74) is 0.941. The zero-order valence-electron chi connectivity index (χ0n) is 12.3. The highest BCUT2D eigenvalue weighted by Gasteiger charge is 2.36. The topological polar surface area (TPSA) is 88.0 Å². The highest BCUT2D eigenvalue weighted by molar-refractivity contribution is 8.04. The summed E-state index contributed by atoms with van der Waals surface area (Å²) in [4.78, 5) is 28.1. The third-order valence-electron chi connectivity index (χ3n) is 3.53. The summed E-state index contributed by atoms with van der Waals surface area (Å²) < 4.78 is 5.21. The number of fused-ring (bicyclic) bond motifs is 1. The van der Waals surface area contributed by atoms with Crippen molar-refractivity contribution >= 4 is 29.3 Å². The molecule has 0 saturated carbocycles. The number of thioether (sulfide) groups is 1. The van der Waals surface area contributed by atoms with E-state index < -0.39 is 17.1 Å². The Morgan fingerprint density at radius 3 is 3.00 bits per heavy atom. The molecule has 0 fully saturated rings. The van der Waals surface area contributed by atoms with E-state index in [-0.39, 0.29) is 17.9 Å². The van der Waals surface area contributed by atoms with E-state index in [9.17, 15) is 14.7 Å². The van der Waals surface area contributed by atoms with Crippen molar-refractivity contribution in [3.8, 4) is 5.75 Å².